The van der Waals surface area contributed by atoms with Gasteiger partial charge in [0.15, 0.2) is 17.6 Å². The summed E-state index contributed by atoms with van der Waals surface area (Å²) in [6.45, 7) is 0.127. The lowest BCUT2D eigenvalue weighted by Gasteiger charge is -2.23. The van der Waals surface area contributed by atoms with Crippen LogP contribution in [-0.4, -0.2) is 25.5 Å². The first-order valence-corrected chi connectivity index (χ1v) is 4.88. The van der Waals surface area contributed by atoms with Gasteiger partial charge < -0.3 is 14.2 Å². The third-order valence-corrected chi connectivity index (χ3v) is 2.39. The minimum atomic E-state index is -1.80. The normalized spacial score (nSPS) is 19.1. The van der Waals surface area contributed by atoms with Crippen LogP contribution in [0.4, 0.5) is 9.18 Å². The molecule has 1 aliphatic heterocycles. The maximum Gasteiger partial charge on any atom is 0.495 e. The van der Waals surface area contributed by atoms with E-state index < -0.39 is 12.3 Å². The first-order valence-electron chi connectivity index (χ1n) is 3.93. The fourth-order valence-corrected chi connectivity index (χ4v) is 1.77. The number of fused-ring (bicyclic) bond motifs is 1. The van der Waals surface area contributed by atoms with Crippen molar-refractivity contribution in [2.24, 2.45) is 0 Å². The average Bonchev–Trinajstić information content (AvgIpc) is 2.61. The van der Waals surface area contributed by atoms with E-state index in [0.717, 1.165) is 0 Å². The van der Waals surface area contributed by atoms with E-state index >= 15 is 0 Å². The highest BCUT2D eigenvalue weighted by Crippen LogP contribution is 2.35. The molecule has 14 heavy (non-hydrogen) atoms. The predicted molar refractivity (Wildman–Crippen MR) is 46.7 cm³/mol. The van der Waals surface area contributed by atoms with Gasteiger partial charge >= 0.3 is 6.22 Å². The minimum Gasteiger partial charge on any atom is -0.485 e. The zero-order chi connectivity index (χ0) is 9.97. The van der Waals surface area contributed by atoms with E-state index in [1.54, 1.807) is 5.38 Å². The standard InChI is InChI=1S/C8H7FO4S/c9-8(10)12-2-5-1-11-6-3-14-4-7(6)13-5/h3-5H,1-2H2. The van der Waals surface area contributed by atoms with Crippen molar-refractivity contribution in [3.8, 4) is 11.5 Å². The molecule has 0 N–H and O–H groups in total. The summed E-state index contributed by atoms with van der Waals surface area (Å²) in [7, 11) is 0. The molecule has 2 heterocycles. The first kappa shape index (κ1) is 9.26. The molecule has 0 saturated carbocycles. The van der Waals surface area contributed by atoms with E-state index in [1.165, 1.54) is 11.3 Å². The summed E-state index contributed by atoms with van der Waals surface area (Å²) < 4.78 is 26.5. The van der Waals surface area contributed by atoms with E-state index in [1.807, 2.05) is 5.38 Å². The number of rotatable bonds is 2. The van der Waals surface area contributed by atoms with Crippen LogP contribution < -0.4 is 9.47 Å². The van der Waals surface area contributed by atoms with Crippen LogP contribution in [-0.2, 0) is 4.74 Å². The van der Waals surface area contributed by atoms with Gasteiger partial charge in [0.05, 0.1) is 0 Å². The fourth-order valence-electron chi connectivity index (χ4n) is 1.10. The van der Waals surface area contributed by atoms with Crippen molar-refractivity contribution in [1.82, 2.24) is 0 Å². The molecular formula is C8H7FO4S. The molecule has 0 bridgehead atoms. The van der Waals surface area contributed by atoms with Gasteiger partial charge in [0.25, 0.3) is 0 Å². The zero-order valence-electron chi connectivity index (χ0n) is 7.07. The van der Waals surface area contributed by atoms with Crippen molar-refractivity contribution < 1.29 is 23.4 Å². The van der Waals surface area contributed by atoms with E-state index in [-0.39, 0.29) is 13.2 Å². The lowest BCUT2D eigenvalue weighted by Crippen LogP contribution is -2.33. The lowest BCUT2D eigenvalue weighted by molar-refractivity contribution is 0.0268. The molecular weight excluding hydrogens is 211 g/mol. The molecule has 1 aliphatic rings. The summed E-state index contributed by atoms with van der Waals surface area (Å²) in [4.78, 5) is 9.90. The van der Waals surface area contributed by atoms with Crippen molar-refractivity contribution in [1.29, 1.82) is 0 Å². The molecule has 2 rings (SSSR count). The Kier molecular flexibility index (Phi) is 2.53. The second-order valence-electron chi connectivity index (χ2n) is 2.70. The Bertz CT molecular complexity index is 338. The number of carbonyl (C=O) groups is 1. The van der Waals surface area contributed by atoms with Gasteiger partial charge in [-0.05, 0) is 0 Å². The molecule has 0 saturated heterocycles. The number of hydrogen-bond acceptors (Lipinski definition) is 5. The molecule has 1 aromatic rings. The largest absolute Gasteiger partial charge is 0.495 e. The van der Waals surface area contributed by atoms with Crippen LogP contribution in [0, 0.1) is 0 Å². The molecule has 0 spiro atoms. The summed E-state index contributed by atoms with van der Waals surface area (Å²) in [6, 6.07) is 0. The molecule has 0 radical (unpaired) electrons. The van der Waals surface area contributed by atoms with Crippen LogP contribution in [0.3, 0.4) is 0 Å². The fraction of sp³-hybridized carbons (Fsp3) is 0.375. The van der Waals surface area contributed by atoms with Crippen LogP contribution in [0.5, 0.6) is 11.5 Å². The third kappa shape index (κ3) is 1.95. The van der Waals surface area contributed by atoms with E-state index in [0.29, 0.717) is 11.5 Å². The quantitative estimate of drug-likeness (QED) is 0.712. The summed E-state index contributed by atoms with van der Waals surface area (Å²) in [5.41, 5.74) is 0. The molecule has 1 aromatic heterocycles. The molecule has 0 amide bonds. The van der Waals surface area contributed by atoms with Gasteiger partial charge in [-0.2, -0.15) is 0 Å². The predicted octanol–water partition coefficient (Wildman–Crippen LogP) is 1.99. The Morgan fingerprint density at radius 3 is 3.21 bits per heavy atom. The second kappa shape index (κ2) is 3.83. The summed E-state index contributed by atoms with van der Waals surface area (Å²) >= 11 is 1.45. The van der Waals surface area contributed by atoms with Crippen LogP contribution in [0.15, 0.2) is 10.8 Å². The molecule has 0 aromatic carbocycles. The van der Waals surface area contributed by atoms with Crippen LogP contribution in [0.25, 0.3) is 0 Å². The second-order valence-corrected chi connectivity index (χ2v) is 3.44. The number of halogens is 1. The molecule has 1 atom stereocenters. The Labute approximate surface area is 83.2 Å². The minimum absolute atomic E-state index is 0.134. The first-order chi connectivity index (χ1) is 6.75. The van der Waals surface area contributed by atoms with Gasteiger partial charge in [-0.1, -0.05) is 0 Å². The van der Waals surface area contributed by atoms with Crippen molar-refractivity contribution in [3.63, 3.8) is 0 Å². The van der Waals surface area contributed by atoms with Gasteiger partial charge in [0.2, 0.25) is 0 Å². The molecule has 6 heteroatoms. The highest BCUT2D eigenvalue weighted by atomic mass is 32.1. The molecule has 1 unspecified atom stereocenters. The Morgan fingerprint density at radius 2 is 2.43 bits per heavy atom. The Balaban J connectivity index is 1.91. The SMILES string of the molecule is O=C(F)OCC1COc2cscc2O1. The maximum absolute atomic E-state index is 11.7. The van der Waals surface area contributed by atoms with Crippen LogP contribution in [0.2, 0.25) is 0 Å². The average molecular weight is 218 g/mol. The van der Waals surface area contributed by atoms with E-state index in [9.17, 15) is 9.18 Å². The maximum atomic E-state index is 11.7. The van der Waals surface area contributed by atoms with Gasteiger partial charge in [-0.25, -0.2) is 4.79 Å². The van der Waals surface area contributed by atoms with Gasteiger partial charge in [-0.15, -0.1) is 15.7 Å². The number of hydrogen-bond donors (Lipinski definition) is 0. The van der Waals surface area contributed by atoms with E-state index in [2.05, 4.69) is 4.74 Å². The molecule has 0 fully saturated rings. The summed E-state index contributed by atoms with van der Waals surface area (Å²) in [6.07, 6.45) is -2.23. The van der Waals surface area contributed by atoms with Gasteiger partial charge in [0, 0.05) is 10.8 Å². The highest BCUT2D eigenvalue weighted by molar-refractivity contribution is 7.08. The Hall–Kier alpha value is -1.30. The smallest absolute Gasteiger partial charge is 0.485 e. The van der Waals surface area contributed by atoms with Gasteiger partial charge in [-0.3, -0.25) is 0 Å². The summed E-state index contributed by atoms with van der Waals surface area (Å²) in [5, 5.41) is 3.59. The van der Waals surface area contributed by atoms with E-state index in [4.69, 9.17) is 9.47 Å². The van der Waals surface area contributed by atoms with Crippen molar-refractivity contribution >= 4 is 17.6 Å². The third-order valence-electron chi connectivity index (χ3n) is 1.69. The van der Waals surface area contributed by atoms with Crippen molar-refractivity contribution in [2.75, 3.05) is 13.2 Å². The Morgan fingerprint density at radius 1 is 1.64 bits per heavy atom. The lowest BCUT2D eigenvalue weighted by atomic mass is 10.3. The van der Waals surface area contributed by atoms with Crippen molar-refractivity contribution in [2.45, 2.75) is 6.10 Å². The topological polar surface area (TPSA) is 44.8 Å². The summed E-state index contributed by atoms with van der Waals surface area (Å²) in [5.74, 6) is 1.29. The zero-order valence-corrected chi connectivity index (χ0v) is 7.88. The molecule has 4 nitrogen and oxygen atoms in total. The monoisotopic (exact) mass is 218 g/mol. The highest BCUT2D eigenvalue weighted by Gasteiger charge is 2.22. The molecule has 0 aliphatic carbocycles. The van der Waals surface area contributed by atoms with Crippen LogP contribution >= 0.6 is 11.3 Å². The number of carbonyl (C=O) groups excluding carboxylic acids is 1. The number of ether oxygens (including phenoxy) is 3. The van der Waals surface area contributed by atoms with Gasteiger partial charge in [0.1, 0.15) is 13.2 Å². The number of thiophene rings is 1. The van der Waals surface area contributed by atoms with Crippen LogP contribution in [0.1, 0.15) is 0 Å². The van der Waals surface area contributed by atoms with Crippen molar-refractivity contribution in [3.05, 3.63) is 10.8 Å². The molecule has 76 valence electrons.